The van der Waals surface area contributed by atoms with Gasteiger partial charge in [-0.25, -0.2) is 4.79 Å². The monoisotopic (exact) mass is 384 g/mol. The summed E-state index contributed by atoms with van der Waals surface area (Å²) in [5, 5.41) is 25.6. The summed E-state index contributed by atoms with van der Waals surface area (Å²) in [6, 6.07) is 5.41. The topological polar surface area (TPSA) is 125 Å². The third kappa shape index (κ3) is 3.32. The molecule has 0 unspecified atom stereocenters. The zero-order valence-electron chi connectivity index (χ0n) is 15.4. The van der Waals surface area contributed by atoms with Crippen molar-refractivity contribution in [3.05, 3.63) is 51.2 Å². The van der Waals surface area contributed by atoms with E-state index in [0.717, 1.165) is 32.1 Å². The summed E-state index contributed by atoms with van der Waals surface area (Å²) >= 11 is 0. The van der Waals surface area contributed by atoms with E-state index >= 15 is 0 Å². The quantitative estimate of drug-likeness (QED) is 0.484. The minimum Gasteiger partial charge on any atom is -0.459 e. The number of non-ortho nitro benzene ring substituents is 1. The van der Waals surface area contributed by atoms with Crippen molar-refractivity contribution in [1.82, 2.24) is 20.2 Å². The Hall–Kier alpha value is -3.30. The van der Waals surface area contributed by atoms with Crippen LogP contribution in [0.4, 0.5) is 11.6 Å². The standard InChI is InChI=1S/C18H20N6O4/c1-11-15(17(25)28-14-5-3-2-4-6-14)16(23-18(19-11)20-21-22-23)12-7-9-13(10-8-12)24(26)27/h7-10,14,16H,2-6H2,1H3,(H,19,20,22)/t16-/m1/s1. The number of allylic oxidation sites excluding steroid dienone is 1. The maximum absolute atomic E-state index is 13.1. The number of carbonyl (C=O) groups is 1. The van der Waals surface area contributed by atoms with Crippen LogP contribution >= 0.6 is 0 Å². The van der Waals surface area contributed by atoms with Gasteiger partial charge in [0, 0.05) is 17.8 Å². The van der Waals surface area contributed by atoms with Gasteiger partial charge in [-0.15, -0.1) is 0 Å². The number of hydrogen-bond acceptors (Lipinski definition) is 8. The third-order valence-corrected chi connectivity index (χ3v) is 5.18. The number of fused-ring (bicyclic) bond motifs is 1. The largest absolute Gasteiger partial charge is 0.459 e. The van der Waals surface area contributed by atoms with Gasteiger partial charge in [-0.05, 0) is 60.7 Å². The molecule has 1 atom stereocenters. The Morgan fingerprint density at radius 2 is 1.96 bits per heavy atom. The van der Waals surface area contributed by atoms with Crippen molar-refractivity contribution in [1.29, 1.82) is 0 Å². The van der Waals surface area contributed by atoms with E-state index in [9.17, 15) is 14.9 Å². The molecule has 4 rings (SSSR count). The maximum Gasteiger partial charge on any atom is 0.338 e. The lowest BCUT2D eigenvalue weighted by atomic mass is 9.94. The molecule has 0 spiro atoms. The van der Waals surface area contributed by atoms with E-state index < -0.39 is 16.9 Å². The molecule has 1 aliphatic heterocycles. The molecular weight excluding hydrogens is 364 g/mol. The van der Waals surface area contributed by atoms with Crippen LogP contribution in [0.5, 0.6) is 0 Å². The molecule has 1 aromatic heterocycles. The Bertz CT molecular complexity index is 930. The lowest BCUT2D eigenvalue weighted by Crippen LogP contribution is -2.32. The van der Waals surface area contributed by atoms with Gasteiger partial charge in [0.15, 0.2) is 0 Å². The van der Waals surface area contributed by atoms with Crippen LogP contribution in [-0.2, 0) is 9.53 Å². The molecule has 2 aliphatic rings. The maximum atomic E-state index is 13.1. The predicted molar refractivity (Wildman–Crippen MR) is 98.3 cm³/mol. The lowest BCUT2D eigenvalue weighted by molar-refractivity contribution is -0.384. The van der Waals surface area contributed by atoms with Crippen molar-refractivity contribution in [3.63, 3.8) is 0 Å². The second-order valence-electron chi connectivity index (χ2n) is 7.03. The normalized spacial score (nSPS) is 19.7. The molecule has 1 fully saturated rings. The number of tetrazole rings is 1. The predicted octanol–water partition coefficient (Wildman–Crippen LogP) is 2.75. The molecule has 2 heterocycles. The van der Waals surface area contributed by atoms with Crippen molar-refractivity contribution in [2.24, 2.45) is 0 Å². The number of nitro benzene ring substituents is 1. The molecule has 1 aromatic carbocycles. The average Bonchev–Trinajstić information content (AvgIpc) is 3.15. The number of rotatable bonds is 4. The zero-order chi connectivity index (χ0) is 19.7. The summed E-state index contributed by atoms with van der Waals surface area (Å²) in [7, 11) is 0. The second-order valence-corrected chi connectivity index (χ2v) is 7.03. The van der Waals surface area contributed by atoms with Crippen LogP contribution in [0.3, 0.4) is 0 Å². The summed E-state index contributed by atoms with van der Waals surface area (Å²) in [6.45, 7) is 1.77. The van der Waals surface area contributed by atoms with Crippen LogP contribution in [0.15, 0.2) is 35.5 Å². The molecule has 0 saturated heterocycles. The molecule has 28 heavy (non-hydrogen) atoms. The molecule has 1 aliphatic carbocycles. The highest BCUT2D eigenvalue weighted by atomic mass is 16.6. The number of hydrogen-bond donors (Lipinski definition) is 1. The number of nitrogens with zero attached hydrogens (tertiary/aromatic N) is 5. The summed E-state index contributed by atoms with van der Waals surface area (Å²) < 4.78 is 7.27. The number of aromatic nitrogens is 4. The fourth-order valence-electron chi connectivity index (χ4n) is 3.76. The highest BCUT2D eigenvalue weighted by Gasteiger charge is 2.36. The van der Waals surface area contributed by atoms with Crippen molar-refractivity contribution in [3.8, 4) is 0 Å². The summed E-state index contributed by atoms with van der Waals surface area (Å²) in [4.78, 5) is 23.6. The minimum atomic E-state index is -0.622. The Labute approximate surface area is 160 Å². The second kappa shape index (κ2) is 7.37. The highest BCUT2D eigenvalue weighted by Crippen LogP contribution is 2.36. The van der Waals surface area contributed by atoms with Crippen molar-refractivity contribution in [2.45, 2.75) is 51.2 Å². The number of benzene rings is 1. The lowest BCUT2D eigenvalue weighted by Gasteiger charge is -2.29. The Kier molecular flexibility index (Phi) is 4.76. The van der Waals surface area contributed by atoms with Crippen molar-refractivity contribution < 1.29 is 14.5 Å². The van der Waals surface area contributed by atoms with E-state index in [1.807, 2.05) is 0 Å². The molecule has 10 heteroatoms. The first kappa shape index (κ1) is 18.1. The molecular formula is C18H20N6O4. The number of ether oxygens (including phenoxy) is 1. The van der Waals surface area contributed by atoms with Gasteiger partial charge < -0.3 is 10.1 Å². The molecule has 1 N–H and O–H groups in total. The molecule has 2 aromatic rings. The average molecular weight is 384 g/mol. The summed E-state index contributed by atoms with van der Waals surface area (Å²) in [6.07, 6.45) is 4.91. The van der Waals surface area contributed by atoms with Crippen LogP contribution in [0.25, 0.3) is 0 Å². The first-order valence-electron chi connectivity index (χ1n) is 9.25. The van der Waals surface area contributed by atoms with Gasteiger partial charge in [0.25, 0.3) is 5.69 Å². The number of carbonyl (C=O) groups excluding carboxylic acids is 1. The molecule has 10 nitrogen and oxygen atoms in total. The summed E-state index contributed by atoms with van der Waals surface area (Å²) in [5.74, 6) is -0.0172. The van der Waals surface area contributed by atoms with E-state index in [1.165, 1.54) is 16.8 Å². The highest BCUT2D eigenvalue weighted by molar-refractivity contribution is 5.92. The van der Waals surface area contributed by atoms with Gasteiger partial charge in [-0.2, -0.15) is 4.68 Å². The van der Waals surface area contributed by atoms with E-state index in [4.69, 9.17) is 4.74 Å². The third-order valence-electron chi connectivity index (χ3n) is 5.18. The van der Waals surface area contributed by atoms with Gasteiger partial charge in [-0.1, -0.05) is 11.5 Å². The zero-order valence-corrected chi connectivity index (χ0v) is 15.4. The molecule has 0 amide bonds. The Morgan fingerprint density at radius 3 is 2.64 bits per heavy atom. The first-order valence-corrected chi connectivity index (χ1v) is 9.25. The van der Waals surface area contributed by atoms with E-state index in [1.54, 1.807) is 19.1 Å². The van der Waals surface area contributed by atoms with Crippen LogP contribution in [0.2, 0.25) is 0 Å². The van der Waals surface area contributed by atoms with Gasteiger partial charge in [-0.3, -0.25) is 10.1 Å². The van der Waals surface area contributed by atoms with E-state index in [2.05, 4.69) is 20.8 Å². The molecule has 1 saturated carbocycles. The van der Waals surface area contributed by atoms with E-state index in [0.29, 0.717) is 22.8 Å². The SMILES string of the molecule is CC1=C(C(=O)OC2CCCCC2)[C@@H](c2ccc([N+](=O)[O-])cc2)n2nnnc2N1. The van der Waals surface area contributed by atoms with Crippen LogP contribution in [-0.4, -0.2) is 37.2 Å². The first-order chi connectivity index (χ1) is 13.5. The molecule has 0 bridgehead atoms. The molecule has 0 radical (unpaired) electrons. The Morgan fingerprint density at radius 1 is 1.25 bits per heavy atom. The molecule has 146 valence electrons. The van der Waals surface area contributed by atoms with Crippen LogP contribution in [0, 0.1) is 10.1 Å². The van der Waals surface area contributed by atoms with Crippen molar-refractivity contribution in [2.75, 3.05) is 5.32 Å². The smallest absolute Gasteiger partial charge is 0.338 e. The van der Waals surface area contributed by atoms with Gasteiger partial charge in [0.1, 0.15) is 12.1 Å². The van der Waals surface area contributed by atoms with Crippen LogP contribution < -0.4 is 5.32 Å². The number of esters is 1. The van der Waals surface area contributed by atoms with E-state index in [-0.39, 0.29) is 11.8 Å². The summed E-state index contributed by atoms with van der Waals surface area (Å²) in [5.41, 5.74) is 1.64. The fourth-order valence-corrected chi connectivity index (χ4v) is 3.76. The minimum absolute atomic E-state index is 0.0262. The van der Waals surface area contributed by atoms with Gasteiger partial charge in [0.05, 0.1) is 10.5 Å². The number of nitrogens with one attached hydrogen (secondary N) is 1. The van der Waals surface area contributed by atoms with Crippen molar-refractivity contribution >= 4 is 17.6 Å². The van der Waals surface area contributed by atoms with Gasteiger partial charge >= 0.3 is 5.97 Å². The Balaban J connectivity index is 1.69. The number of nitro groups is 1. The van der Waals surface area contributed by atoms with Gasteiger partial charge in [0.2, 0.25) is 5.95 Å². The van der Waals surface area contributed by atoms with Crippen LogP contribution in [0.1, 0.15) is 50.6 Å². The number of anilines is 1. The fraction of sp³-hybridized carbons (Fsp3) is 0.444.